The van der Waals surface area contributed by atoms with Crippen LogP contribution in [0.25, 0.3) is 0 Å². The standard InChI is InChI=1S/C20H21N5O2/c21-16-13-25(17-5-1-2-6-18(17)26)20(27)15(16)12-22-14-7-8-19(23-11-14)24-9-3-4-10-24/h1-2,5-8,11-12,26H,3-4,9-10,13,21H2. The number of aromatic nitrogens is 1. The Morgan fingerprint density at radius 3 is 2.63 bits per heavy atom. The van der Waals surface area contributed by atoms with Crippen molar-refractivity contribution in [2.75, 3.05) is 29.4 Å². The third-order valence-electron chi connectivity index (χ3n) is 4.83. The fourth-order valence-electron chi connectivity index (χ4n) is 3.36. The van der Waals surface area contributed by atoms with Gasteiger partial charge in [-0.25, -0.2) is 4.98 Å². The molecule has 1 aromatic heterocycles. The number of rotatable bonds is 4. The molecule has 0 aliphatic carbocycles. The summed E-state index contributed by atoms with van der Waals surface area (Å²) in [7, 11) is 0. The lowest BCUT2D eigenvalue weighted by atomic mass is 10.2. The molecular weight excluding hydrogens is 342 g/mol. The zero-order valence-corrected chi connectivity index (χ0v) is 14.9. The molecule has 3 heterocycles. The fraction of sp³-hybridized carbons (Fsp3) is 0.250. The molecule has 27 heavy (non-hydrogen) atoms. The summed E-state index contributed by atoms with van der Waals surface area (Å²) in [5.74, 6) is 0.714. The van der Waals surface area contributed by atoms with E-state index in [9.17, 15) is 9.90 Å². The number of carbonyl (C=O) groups excluding carboxylic acids is 1. The molecule has 138 valence electrons. The van der Waals surface area contributed by atoms with Crippen molar-refractivity contribution in [1.82, 2.24) is 4.98 Å². The van der Waals surface area contributed by atoms with Crippen LogP contribution in [0.3, 0.4) is 0 Å². The molecule has 7 nitrogen and oxygen atoms in total. The minimum absolute atomic E-state index is 0.0403. The number of carbonyl (C=O) groups is 1. The highest BCUT2D eigenvalue weighted by Crippen LogP contribution is 2.31. The number of aromatic hydroxyl groups is 1. The van der Waals surface area contributed by atoms with Crippen LogP contribution in [-0.2, 0) is 4.79 Å². The Bertz CT molecular complexity index is 914. The lowest BCUT2D eigenvalue weighted by Gasteiger charge is -2.17. The molecule has 1 amide bonds. The zero-order valence-electron chi connectivity index (χ0n) is 14.9. The van der Waals surface area contributed by atoms with Crippen molar-refractivity contribution >= 4 is 29.3 Å². The third kappa shape index (κ3) is 3.36. The second kappa shape index (κ2) is 7.11. The molecule has 4 rings (SSSR count). The lowest BCUT2D eigenvalue weighted by Crippen LogP contribution is -2.27. The Balaban J connectivity index is 1.49. The Hall–Kier alpha value is -3.35. The molecule has 0 saturated carbocycles. The summed E-state index contributed by atoms with van der Waals surface area (Å²) in [6.45, 7) is 2.30. The predicted molar refractivity (Wildman–Crippen MR) is 106 cm³/mol. The fourth-order valence-corrected chi connectivity index (χ4v) is 3.36. The number of benzene rings is 1. The first-order chi connectivity index (χ1) is 13.1. The molecular formula is C20H21N5O2. The number of anilines is 2. The van der Waals surface area contributed by atoms with Crippen molar-refractivity contribution in [2.24, 2.45) is 10.7 Å². The third-order valence-corrected chi connectivity index (χ3v) is 4.83. The summed E-state index contributed by atoms with van der Waals surface area (Å²) in [5, 5.41) is 9.99. The quantitative estimate of drug-likeness (QED) is 0.813. The molecule has 2 aliphatic rings. The topological polar surface area (TPSA) is 95.0 Å². The van der Waals surface area contributed by atoms with Gasteiger partial charge in [0, 0.05) is 25.0 Å². The van der Waals surface area contributed by atoms with E-state index in [4.69, 9.17) is 5.73 Å². The summed E-state index contributed by atoms with van der Waals surface area (Å²) in [5.41, 5.74) is 7.89. The van der Waals surface area contributed by atoms with Gasteiger partial charge in [-0.3, -0.25) is 14.7 Å². The molecule has 2 aromatic rings. The number of phenols is 1. The maximum absolute atomic E-state index is 12.7. The van der Waals surface area contributed by atoms with Crippen molar-refractivity contribution in [3.05, 3.63) is 53.9 Å². The second-order valence-corrected chi connectivity index (χ2v) is 6.65. The SMILES string of the molecule is NC1=C(C=Nc2ccc(N3CCCC3)nc2)C(=O)N(c2ccccc2O)C1. The normalized spacial score (nSPS) is 17.6. The Morgan fingerprint density at radius 1 is 1.15 bits per heavy atom. The van der Waals surface area contributed by atoms with E-state index in [2.05, 4.69) is 14.9 Å². The summed E-state index contributed by atoms with van der Waals surface area (Å²) in [6, 6.07) is 10.5. The molecule has 0 radical (unpaired) electrons. The van der Waals surface area contributed by atoms with Crippen molar-refractivity contribution in [3.8, 4) is 5.75 Å². The minimum Gasteiger partial charge on any atom is -0.506 e. The highest BCUT2D eigenvalue weighted by atomic mass is 16.3. The highest BCUT2D eigenvalue weighted by Gasteiger charge is 2.30. The van der Waals surface area contributed by atoms with E-state index in [-0.39, 0.29) is 18.2 Å². The minimum atomic E-state index is -0.278. The van der Waals surface area contributed by atoms with Gasteiger partial charge in [0.05, 0.1) is 29.7 Å². The van der Waals surface area contributed by atoms with Crippen LogP contribution in [0.2, 0.25) is 0 Å². The molecule has 1 fully saturated rings. The molecule has 0 spiro atoms. The summed E-state index contributed by atoms with van der Waals surface area (Å²) in [4.78, 5) is 25.2. The molecule has 1 aromatic carbocycles. The van der Waals surface area contributed by atoms with Crippen LogP contribution in [-0.4, -0.2) is 41.8 Å². The first-order valence-corrected chi connectivity index (χ1v) is 8.97. The first kappa shape index (κ1) is 17.1. The molecule has 7 heteroatoms. The van der Waals surface area contributed by atoms with Crippen LogP contribution in [0.5, 0.6) is 5.75 Å². The first-order valence-electron chi connectivity index (χ1n) is 8.97. The van der Waals surface area contributed by atoms with Gasteiger partial charge in [-0.1, -0.05) is 12.1 Å². The number of hydrogen-bond acceptors (Lipinski definition) is 6. The average Bonchev–Trinajstić information content (AvgIpc) is 3.30. The van der Waals surface area contributed by atoms with E-state index in [1.807, 2.05) is 12.1 Å². The van der Waals surface area contributed by atoms with Gasteiger partial charge in [0.2, 0.25) is 0 Å². The molecule has 0 atom stereocenters. The molecule has 3 N–H and O–H groups in total. The number of phenolic OH excluding ortho intramolecular Hbond substituents is 1. The Kier molecular flexibility index (Phi) is 4.50. The number of nitrogens with two attached hydrogens (primary N) is 1. The maximum atomic E-state index is 12.7. The van der Waals surface area contributed by atoms with E-state index in [1.54, 1.807) is 30.5 Å². The van der Waals surface area contributed by atoms with E-state index in [1.165, 1.54) is 24.0 Å². The van der Waals surface area contributed by atoms with Gasteiger partial charge in [-0.15, -0.1) is 0 Å². The largest absolute Gasteiger partial charge is 0.506 e. The van der Waals surface area contributed by atoms with Gasteiger partial charge < -0.3 is 15.7 Å². The maximum Gasteiger partial charge on any atom is 0.262 e. The van der Waals surface area contributed by atoms with Crippen LogP contribution in [0.15, 0.2) is 58.9 Å². The van der Waals surface area contributed by atoms with E-state index in [0.29, 0.717) is 22.6 Å². The van der Waals surface area contributed by atoms with E-state index < -0.39 is 0 Å². The van der Waals surface area contributed by atoms with E-state index >= 15 is 0 Å². The molecule has 0 unspecified atom stereocenters. The van der Waals surface area contributed by atoms with Crippen LogP contribution in [0.4, 0.5) is 17.2 Å². The van der Waals surface area contributed by atoms with Crippen molar-refractivity contribution in [2.45, 2.75) is 12.8 Å². The van der Waals surface area contributed by atoms with Crippen molar-refractivity contribution < 1.29 is 9.90 Å². The number of hydrogen-bond donors (Lipinski definition) is 2. The summed E-state index contributed by atoms with van der Waals surface area (Å²) in [6.07, 6.45) is 5.57. The molecule has 1 saturated heterocycles. The number of nitrogens with zero attached hydrogens (tertiary/aromatic N) is 4. The van der Waals surface area contributed by atoms with Gasteiger partial charge in [-0.2, -0.15) is 0 Å². The summed E-state index contributed by atoms with van der Waals surface area (Å²) >= 11 is 0. The smallest absolute Gasteiger partial charge is 0.262 e. The van der Waals surface area contributed by atoms with Gasteiger partial charge in [-0.05, 0) is 37.1 Å². The van der Waals surface area contributed by atoms with Gasteiger partial charge in [0.15, 0.2) is 0 Å². The number of aliphatic imine (C=N–C) groups is 1. The molecule has 2 aliphatic heterocycles. The van der Waals surface area contributed by atoms with Crippen molar-refractivity contribution in [3.63, 3.8) is 0 Å². The zero-order chi connectivity index (χ0) is 18.8. The number of para-hydroxylation sites is 2. The van der Waals surface area contributed by atoms with Crippen LogP contribution >= 0.6 is 0 Å². The van der Waals surface area contributed by atoms with Crippen LogP contribution in [0.1, 0.15) is 12.8 Å². The van der Waals surface area contributed by atoms with Crippen LogP contribution in [0, 0.1) is 0 Å². The number of amides is 1. The average molecular weight is 363 g/mol. The van der Waals surface area contributed by atoms with Crippen LogP contribution < -0.4 is 15.5 Å². The van der Waals surface area contributed by atoms with Crippen molar-refractivity contribution in [1.29, 1.82) is 0 Å². The highest BCUT2D eigenvalue weighted by molar-refractivity contribution is 6.22. The Labute approximate surface area is 157 Å². The monoisotopic (exact) mass is 363 g/mol. The van der Waals surface area contributed by atoms with Gasteiger partial charge in [0.25, 0.3) is 5.91 Å². The lowest BCUT2D eigenvalue weighted by molar-refractivity contribution is -0.114. The summed E-state index contributed by atoms with van der Waals surface area (Å²) < 4.78 is 0. The Morgan fingerprint density at radius 2 is 1.93 bits per heavy atom. The van der Waals surface area contributed by atoms with E-state index in [0.717, 1.165) is 18.9 Å². The van der Waals surface area contributed by atoms with Gasteiger partial charge in [0.1, 0.15) is 11.6 Å². The predicted octanol–water partition coefficient (Wildman–Crippen LogP) is 2.35. The van der Waals surface area contributed by atoms with Gasteiger partial charge >= 0.3 is 0 Å². The number of pyridine rings is 1. The molecule has 0 bridgehead atoms. The second-order valence-electron chi connectivity index (χ2n) is 6.65.